The van der Waals surface area contributed by atoms with Gasteiger partial charge in [-0.05, 0) is 31.9 Å². The molecule has 0 saturated carbocycles. The summed E-state index contributed by atoms with van der Waals surface area (Å²) in [5.41, 5.74) is 13.6. The van der Waals surface area contributed by atoms with Crippen molar-refractivity contribution in [1.82, 2.24) is 9.97 Å². The van der Waals surface area contributed by atoms with Crippen molar-refractivity contribution in [2.75, 3.05) is 23.7 Å². The van der Waals surface area contributed by atoms with E-state index in [-0.39, 0.29) is 5.54 Å². The number of aromatic nitrogens is 2. The first-order chi connectivity index (χ1) is 10.9. The maximum absolute atomic E-state index is 6.16. The number of hydrogen-bond acceptors (Lipinski definition) is 5. The van der Waals surface area contributed by atoms with Gasteiger partial charge >= 0.3 is 0 Å². The van der Waals surface area contributed by atoms with Gasteiger partial charge in [0, 0.05) is 24.2 Å². The lowest BCUT2D eigenvalue weighted by molar-refractivity contribution is 0.363. The van der Waals surface area contributed by atoms with Gasteiger partial charge in [-0.1, -0.05) is 29.3 Å². The highest BCUT2D eigenvalue weighted by atomic mass is 35.5. The number of hydrogen-bond donors (Lipinski definition) is 2. The summed E-state index contributed by atoms with van der Waals surface area (Å²) in [6.45, 7) is 3.79. The van der Waals surface area contributed by atoms with E-state index in [2.05, 4.69) is 21.8 Å². The van der Waals surface area contributed by atoms with Crippen LogP contribution in [0.3, 0.4) is 0 Å². The average Bonchev–Trinajstić information content (AvgIpc) is 2.50. The first-order valence-corrected chi connectivity index (χ1v) is 8.23. The van der Waals surface area contributed by atoms with E-state index in [0.29, 0.717) is 21.6 Å². The largest absolute Gasteiger partial charge is 0.382 e. The van der Waals surface area contributed by atoms with Gasteiger partial charge in [-0.3, -0.25) is 0 Å². The van der Waals surface area contributed by atoms with Crippen molar-refractivity contribution in [1.29, 1.82) is 0 Å². The quantitative estimate of drug-likeness (QED) is 0.866. The maximum Gasteiger partial charge on any atom is 0.152 e. The van der Waals surface area contributed by atoms with Gasteiger partial charge in [-0.25, -0.2) is 9.97 Å². The number of halogens is 2. The highest BCUT2D eigenvalue weighted by Crippen LogP contribution is 2.31. The minimum absolute atomic E-state index is 0.102. The Hall–Kier alpha value is -1.56. The Bertz CT molecular complexity index is 722. The second-order valence-corrected chi connectivity index (χ2v) is 7.05. The van der Waals surface area contributed by atoms with Gasteiger partial charge in [-0.2, -0.15) is 0 Å². The van der Waals surface area contributed by atoms with Crippen LogP contribution in [-0.2, 0) is 0 Å². The SMILES string of the molecule is CC1(N)CCN(c2cnc(-c3ccc(Cl)c(Cl)c3)c(N)n2)CC1. The topological polar surface area (TPSA) is 81.1 Å². The molecule has 1 aliphatic rings. The molecule has 0 atom stereocenters. The molecule has 0 unspecified atom stereocenters. The smallest absolute Gasteiger partial charge is 0.152 e. The third kappa shape index (κ3) is 3.52. The van der Waals surface area contributed by atoms with Gasteiger partial charge in [0.1, 0.15) is 11.5 Å². The summed E-state index contributed by atoms with van der Waals surface area (Å²) >= 11 is 12.0. The van der Waals surface area contributed by atoms with Crippen molar-refractivity contribution in [3.8, 4) is 11.3 Å². The number of nitrogen functional groups attached to an aromatic ring is 1. The van der Waals surface area contributed by atoms with Crippen molar-refractivity contribution in [3.63, 3.8) is 0 Å². The van der Waals surface area contributed by atoms with E-state index >= 15 is 0 Å². The molecule has 1 aromatic heterocycles. The Morgan fingerprint density at radius 3 is 2.48 bits per heavy atom. The summed E-state index contributed by atoms with van der Waals surface area (Å²) in [6, 6.07) is 5.29. The molecular formula is C16H19Cl2N5. The van der Waals surface area contributed by atoms with Gasteiger partial charge in [0.15, 0.2) is 5.82 Å². The zero-order chi connectivity index (χ0) is 16.6. The Labute approximate surface area is 145 Å². The summed E-state index contributed by atoms with van der Waals surface area (Å²) in [5, 5.41) is 0.962. The number of piperidine rings is 1. The van der Waals surface area contributed by atoms with Crippen LogP contribution in [0.4, 0.5) is 11.6 Å². The van der Waals surface area contributed by atoms with Gasteiger partial charge in [0.25, 0.3) is 0 Å². The molecule has 0 amide bonds. The Balaban J connectivity index is 1.85. The molecule has 0 bridgehead atoms. The monoisotopic (exact) mass is 351 g/mol. The van der Waals surface area contributed by atoms with Crippen LogP contribution >= 0.6 is 23.2 Å². The zero-order valence-corrected chi connectivity index (χ0v) is 14.4. The fourth-order valence-corrected chi connectivity index (χ4v) is 2.96. The fraction of sp³-hybridized carbons (Fsp3) is 0.375. The van der Waals surface area contributed by atoms with Crippen LogP contribution in [0.2, 0.25) is 10.0 Å². The van der Waals surface area contributed by atoms with Crippen LogP contribution in [0.5, 0.6) is 0 Å². The molecule has 4 N–H and O–H groups in total. The van der Waals surface area contributed by atoms with Crippen molar-refractivity contribution >= 4 is 34.8 Å². The van der Waals surface area contributed by atoms with Crippen LogP contribution in [0, 0.1) is 0 Å². The zero-order valence-electron chi connectivity index (χ0n) is 12.9. The summed E-state index contributed by atoms with van der Waals surface area (Å²) < 4.78 is 0. The highest BCUT2D eigenvalue weighted by Gasteiger charge is 2.26. The number of benzene rings is 1. The van der Waals surface area contributed by atoms with E-state index in [4.69, 9.17) is 34.7 Å². The van der Waals surface area contributed by atoms with Crippen LogP contribution in [0.25, 0.3) is 11.3 Å². The van der Waals surface area contributed by atoms with Crippen molar-refractivity contribution < 1.29 is 0 Å². The lowest BCUT2D eigenvalue weighted by Gasteiger charge is -2.37. The molecule has 0 aliphatic carbocycles. The number of rotatable bonds is 2. The van der Waals surface area contributed by atoms with E-state index in [9.17, 15) is 0 Å². The lowest BCUT2D eigenvalue weighted by atomic mass is 9.91. The molecule has 122 valence electrons. The average molecular weight is 352 g/mol. The third-order valence-corrected chi connectivity index (χ3v) is 4.95. The lowest BCUT2D eigenvalue weighted by Crippen LogP contribution is -2.48. The normalized spacial score (nSPS) is 17.3. The summed E-state index contributed by atoms with van der Waals surface area (Å²) in [6.07, 6.45) is 3.58. The van der Waals surface area contributed by atoms with Gasteiger partial charge in [0.05, 0.1) is 16.2 Å². The fourth-order valence-electron chi connectivity index (χ4n) is 2.66. The minimum atomic E-state index is -0.102. The van der Waals surface area contributed by atoms with E-state index in [1.165, 1.54) is 0 Å². The first kappa shape index (κ1) is 16.3. The van der Waals surface area contributed by atoms with E-state index in [1.54, 1.807) is 18.3 Å². The molecule has 0 spiro atoms. The van der Waals surface area contributed by atoms with Crippen LogP contribution < -0.4 is 16.4 Å². The second-order valence-electron chi connectivity index (χ2n) is 6.23. The van der Waals surface area contributed by atoms with Gasteiger partial charge < -0.3 is 16.4 Å². The summed E-state index contributed by atoms with van der Waals surface area (Å²) in [7, 11) is 0. The summed E-state index contributed by atoms with van der Waals surface area (Å²) in [4.78, 5) is 11.1. The molecule has 2 heterocycles. The molecule has 7 heteroatoms. The molecule has 0 radical (unpaired) electrons. The number of nitrogens with zero attached hydrogens (tertiary/aromatic N) is 3. The first-order valence-electron chi connectivity index (χ1n) is 7.47. The molecule has 2 aromatic rings. The van der Waals surface area contributed by atoms with E-state index in [0.717, 1.165) is 37.3 Å². The standard InChI is InChI=1S/C16H19Cl2N5/c1-16(20)4-6-23(7-5-16)13-9-21-14(15(19)22-13)10-2-3-11(17)12(18)8-10/h2-3,8-9H,4-7,20H2,1H3,(H2,19,22). The maximum atomic E-state index is 6.16. The molecule has 1 fully saturated rings. The molecular weight excluding hydrogens is 333 g/mol. The molecule has 5 nitrogen and oxygen atoms in total. The Kier molecular flexibility index (Phi) is 4.36. The van der Waals surface area contributed by atoms with Gasteiger partial charge in [-0.15, -0.1) is 0 Å². The minimum Gasteiger partial charge on any atom is -0.382 e. The molecule has 1 aromatic carbocycles. The van der Waals surface area contributed by atoms with Gasteiger partial charge in [0.2, 0.25) is 0 Å². The Morgan fingerprint density at radius 1 is 1.17 bits per heavy atom. The third-order valence-electron chi connectivity index (χ3n) is 4.21. The van der Waals surface area contributed by atoms with Crippen molar-refractivity contribution in [3.05, 3.63) is 34.4 Å². The highest BCUT2D eigenvalue weighted by molar-refractivity contribution is 6.42. The van der Waals surface area contributed by atoms with Crippen LogP contribution in [0.15, 0.2) is 24.4 Å². The van der Waals surface area contributed by atoms with Crippen molar-refractivity contribution in [2.45, 2.75) is 25.3 Å². The molecule has 23 heavy (non-hydrogen) atoms. The molecule has 3 rings (SSSR count). The van der Waals surface area contributed by atoms with Crippen molar-refractivity contribution in [2.24, 2.45) is 5.73 Å². The predicted molar refractivity (Wildman–Crippen MR) is 95.9 cm³/mol. The summed E-state index contributed by atoms with van der Waals surface area (Å²) in [5.74, 6) is 1.16. The van der Waals surface area contributed by atoms with Crippen LogP contribution in [0.1, 0.15) is 19.8 Å². The van der Waals surface area contributed by atoms with E-state index in [1.807, 2.05) is 6.07 Å². The predicted octanol–water partition coefficient (Wildman–Crippen LogP) is 3.35. The second kappa shape index (κ2) is 6.15. The number of anilines is 2. The molecule has 1 saturated heterocycles. The Morgan fingerprint density at radius 2 is 1.87 bits per heavy atom. The number of nitrogens with two attached hydrogens (primary N) is 2. The van der Waals surface area contributed by atoms with E-state index < -0.39 is 0 Å². The van der Waals surface area contributed by atoms with Crippen LogP contribution in [-0.4, -0.2) is 28.6 Å². The molecule has 1 aliphatic heterocycles.